The fourth-order valence-electron chi connectivity index (χ4n) is 2.20. The molecule has 0 atom stereocenters. The molecule has 7 heteroatoms. The summed E-state index contributed by atoms with van der Waals surface area (Å²) in [6, 6.07) is 2.16. The summed E-state index contributed by atoms with van der Waals surface area (Å²) < 4.78 is 53.8. The van der Waals surface area contributed by atoms with Gasteiger partial charge >= 0.3 is 0 Å². The summed E-state index contributed by atoms with van der Waals surface area (Å²) >= 11 is 0. The van der Waals surface area contributed by atoms with E-state index in [9.17, 15) is 17.2 Å². The van der Waals surface area contributed by atoms with Crippen LogP contribution in [0.2, 0.25) is 0 Å². The molecule has 4 nitrogen and oxygen atoms in total. The maximum atomic E-state index is 13.8. The van der Waals surface area contributed by atoms with E-state index in [1.807, 2.05) is 0 Å². The standard InChI is InChI=1S/C14H20F2N2O2S/c1-17-9-11-7-12(15)14(16)13(8-11)21(19,20)18-6-2-3-10-4-5-10/h7-8,10,17-18H,2-6,9H2,1H3. The Bertz CT molecular complexity index is 601. The highest BCUT2D eigenvalue weighted by molar-refractivity contribution is 7.89. The van der Waals surface area contributed by atoms with Crippen molar-refractivity contribution in [1.82, 2.24) is 10.0 Å². The summed E-state index contributed by atoms with van der Waals surface area (Å²) in [5, 5.41) is 2.78. The smallest absolute Gasteiger partial charge is 0.243 e. The van der Waals surface area contributed by atoms with Gasteiger partial charge in [0.25, 0.3) is 0 Å². The van der Waals surface area contributed by atoms with Crippen molar-refractivity contribution in [3.8, 4) is 0 Å². The van der Waals surface area contributed by atoms with Crippen LogP contribution in [0, 0.1) is 17.6 Å². The summed E-state index contributed by atoms with van der Waals surface area (Å²) in [7, 11) is -2.38. The van der Waals surface area contributed by atoms with Gasteiger partial charge in [-0.05, 0) is 43.5 Å². The predicted molar refractivity (Wildman–Crippen MR) is 76.3 cm³/mol. The van der Waals surface area contributed by atoms with Crippen LogP contribution in [0.5, 0.6) is 0 Å². The molecule has 1 aliphatic rings. The Morgan fingerprint density at radius 1 is 1.29 bits per heavy atom. The number of sulfonamides is 1. The molecule has 0 amide bonds. The number of rotatable bonds is 8. The fraction of sp³-hybridized carbons (Fsp3) is 0.571. The Morgan fingerprint density at radius 3 is 2.62 bits per heavy atom. The minimum atomic E-state index is -4.02. The van der Waals surface area contributed by atoms with E-state index < -0.39 is 26.6 Å². The van der Waals surface area contributed by atoms with Crippen LogP contribution in [0.3, 0.4) is 0 Å². The highest BCUT2D eigenvalue weighted by Crippen LogP contribution is 2.33. The molecule has 0 spiro atoms. The van der Waals surface area contributed by atoms with E-state index >= 15 is 0 Å². The summed E-state index contributed by atoms with van der Waals surface area (Å²) in [5.74, 6) is -1.77. The largest absolute Gasteiger partial charge is 0.316 e. The number of hydrogen-bond donors (Lipinski definition) is 2. The molecule has 0 bridgehead atoms. The van der Waals surface area contributed by atoms with Gasteiger partial charge < -0.3 is 5.32 Å². The van der Waals surface area contributed by atoms with Crippen molar-refractivity contribution in [2.75, 3.05) is 13.6 Å². The first-order valence-electron chi connectivity index (χ1n) is 7.06. The van der Waals surface area contributed by atoms with E-state index in [-0.39, 0.29) is 13.1 Å². The first kappa shape index (κ1) is 16.3. The van der Waals surface area contributed by atoms with Crippen LogP contribution in [-0.2, 0) is 16.6 Å². The Morgan fingerprint density at radius 2 is 2.00 bits per heavy atom. The van der Waals surface area contributed by atoms with Crippen LogP contribution in [0.1, 0.15) is 31.2 Å². The summed E-state index contributed by atoms with van der Waals surface area (Å²) in [6.07, 6.45) is 4.10. The molecule has 2 rings (SSSR count). The molecule has 1 aliphatic carbocycles. The topological polar surface area (TPSA) is 58.2 Å². The van der Waals surface area contributed by atoms with Gasteiger partial charge in [-0.15, -0.1) is 0 Å². The molecule has 0 heterocycles. The van der Waals surface area contributed by atoms with Crippen LogP contribution >= 0.6 is 0 Å². The van der Waals surface area contributed by atoms with Crippen LogP contribution < -0.4 is 10.0 Å². The van der Waals surface area contributed by atoms with Gasteiger partial charge in [0, 0.05) is 13.1 Å². The molecule has 2 N–H and O–H groups in total. The minimum Gasteiger partial charge on any atom is -0.316 e. The van der Waals surface area contributed by atoms with E-state index in [1.165, 1.54) is 12.8 Å². The number of hydrogen-bond acceptors (Lipinski definition) is 3. The quantitative estimate of drug-likeness (QED) is 0.722. The predicted octanol–water partition coefficient (Wildman–Crippen LogP) is 2.15. The Kier molecular flexibility index (Phi) is 5.29. The SMILES string of the molecule is CNCc1cc(F)c(F)c(S(=O)(=O)NCCCC2CC2)c1. The monoisotopic (exact) mass is 318 g/mol. The molecule has 21 heavy (non-hydrogen) atoms. The average molecular weight is 318 g/mol. The van der Waals surface area contributed by atoms with Crippen molar-refractivity contribution in [2.45, 2.75) is 37.1 Å². The van der Waals surface area contributed by atoms with Gasteiger partial charge in [0.2, 0.25) is 10.0 Å². The van der Waals surface area contributed by atoms with Gasteiger partial charge in [-0.3, -0.25) is 0 Å². The Balaban J connectivity index is 2.09. The molecular formula is C14H20F2N2O2S. The summed E-state index contributed by atoms with van der Waals surface area (Å²) in [5.41, 5.74) is 0.384. The Hall–Kier alpha value is -1.05. The van der Waals surface area contributed by atoms with E-state index in [0.717, 1.165) is 18.6 Å². The van der Waals surface area contributed by atoms with Gasteiger partial charge in [0.15, 0.2) is 11.6 Å². The summed E-state index contributed by atoms with van der Waals surface area (Å²) in [6.45, 7) is 0.511. The van der Waals surface area contributed by atoms with Crippen LogP contribution in [0.4, 0.5) is 8.78 Å². The number of benzene rings is 1. The number of halogens is 2. The highest BCUT2D eigenvalue weighted by atomic mass is 32.2. The number of nitrogens with one attached hydrogen (secondary N) is 2. The fourth-order valence-corrected chi connectivity index (χ4v) is 3.41. The molecule has 1 saturated carbocycles. The van der Waals surface area contributed by atoms with E-state index in [0.29, 0.717) is 17.9 Å². The normalized spacial score (nSPS) is 15.4. The second kappa shape index (κ2) is 6.81. The zero-order valence-electron chi connectivity index (χ0n) is 12.0. The molecule has 1 fully saturated rings. The van der Waals surface area contributed by atoms with E-state index in [1.54, 1.807) is 7.05 Å². The lowest BCUT2D eigenvalue weighted by Crippen LogP contribution is -2.26. The van der Waals surface area contributed by atoms with Crippen molar-refractivity contribution in [2.24, 2.45) is 5.92 Å². The van der Waals surface area contributed by atoms with Crippen molar-refractivity contribution in [1.29, 1.82) is 0 Å². The molecule has 0 aromatic heterocycles. The third kappa shape index (κ3) is 4.46. The van der Waals surface area contributed by atoms with Gasteiger partial charge in [0.1, 0.15) is 4.90 Å². The van der Waals surface area contributed by atoms with Gasteiger partial charge in [-0.25, -0.2) is 21.9 Å². The zero-order chi connectivity index (χ0) is 15.5. The maximum absolute atomic E-state index is 13.8. The van der Waals surface area contributed by atoms with E-state index in [2.05, 4.69) is 10.0 Å². The second-order valence-electron chi connectivity index (χ2n) is 5.40. The highest BCUT2D eigenvalue weighted by Gasteiger charge is 2.24. The molecule has 1 aromatic carbocycles. The maximum Gasteiger partial charge on any atom is 0.243 e. The molecular weight excluding hydrogens is 298 g/mol. The van der Waals surface area contributed by atoms with Crippen LogP contribution in [-0.4, -0.2) is 22.0 Å². The lowest BCUT2D eigenvalue weighted by atomic mass is 10.2. The average Bonchev–Trinajstić information content (AvgIpc) is 3.23. The van der Waals surface area contributed by atoms with Crippen molar-refractivity contribution in [3.63, 3.8) is 0 Å². The lowest BCUT2D eigenvalue weighted by Gasteiger charge is -2.10. The zero-order valence-corrected chi connectivity index (χ0v) is 12.8. The molecule has 118 valence electrons. The van der Waals surface area contributed by atoms with Crippen molar-refractivity contribution in [3.05, 3.63) is 29.3 Å². The minimum absolute atomic E-state index is 0.246. The third-order valence-electron chi connectivity index (χ3n) is 3.50. The lowest BCUT2D eigenvalue weighted by molar-refractivity contribution is 0.480. The first-order chi connectivity index (χ1) is 9.94. The third-order valence-corrected chi connectivity index (χ3v) is 4.96. The molecule has 0 aliphatic heterocycles. The Labute approximate surface area is 124 Å². The van der Waals surface area contributed by atoms with Gasteiger partial charge in [-0.1, -0.05) is 12.8 Å². The van der Waals surface area contributed by atoms with Crippen molar-refractivity contribution >= 4 is 10.0 Å². The molecule has 0 unspecified atom stereocenters. The molecule has 0 saturated heterocycles. The van der Waals surface area contributed by atoms with Crippen LogP contribution in [0.25, 0.3) is 0 Å². The van der Waals surface area contributed by atoms with Gasteiger partial charge in [0.05, 0.1) is 0 Å². The second-order valence-corrected chi connectivity index (χ2v) is 7.14. The summed E-state index contributed by atoms with van der Waals surface area (Å²) in [4.78, 5) is -0.626. The first-order valence-corrected chi connectivity index (χ1v) is 8.54. The van der Waals surface area contributed by atoms with Crippen LogP contribution in [0.15, 0.2) is 17.0 Å². The van der Waals surface area contributed by atoms with E-state index in [4.69, 9.17) is 0 Å². The molecule has 1 aromatic rings. The van der Waals surface area contributed by atoms with Crippen molar-refractivity contribution < 1.29 is 17.2 Å². The molecule has 0 radical (unpaired) electrons. The van der Waals surface area contributed by atoms with Gasteiger partial charge in [-0.2, -0.15) is 0 Å².